The molecule has 1 saturated carbocycles. The van der Waals surface area contributed by atoms with Crippen molar-refractivity contribution in [3.63, 3.8) is 0 Å². The molecule has 4 heteroatoms. The summed E-state index contributed by atoms with van der Waals surface area (Å²) < 4.78 is 2.22. The summed E-state index contributed by atoms with van der Waals surface area (Å²) in [6, 6.07) is 3.53. The predicted octanol–water partition coefficient (Wildman–Crippen LogP) is 2.96. The number of nitrogens with one attached hydrogen (secondary N) is 1. The SMILES string of the molecule is CN(Cc1ccn(C2CCCCC2)n1)CC1CCCCN1. The van der Waals surface area contributed by atoms with Gasteiger partial charge < -0.3 is 5.32 Å². The van der Waals surface area contributed by atoms with Gasteiger partial charge in [-0.15, -0.1) is 0 Å². The molecule has 21 heavy (non-hydrogen) atoms. The van der Waals surface area contributed by atoms with Gasteiger partial charge in [0.1, 0.15) is 0 Å². The van der Waals surface area contributed by atoms with Crippen LogP contribution in [-0.4, -0.2) is 40.9 Å². The number of piperidine rings is 1. The molecule has 0 spiro atoms. The highest BCUT2D eigenvalue weighted by molar-refractivity contribution is 5.00. The van der Waals surface area contributed by atoms with Crippen molar-refractivity contribution in [1.82, 2.24) is 20.0 Å². The van der Waals surface area contributed by atoms with Crippen LogP contribution in [0.5, 0.6) is 0 Å². The molecule has 1 aliphatic carbocycles. The number of hydrogen-bond acceptors (Lipinski definition) is 3. The van der Waals surface area contributed by atoms with Gasteiger partial charge >= 0.3 is 0 Å². The van der Waals surface area contributed by atoms with Crippen molar-refractivity contribution in [1.29, 1.82) is 0 Å². The molecule has 2 fully saturated rings. The molecule has 2 aliphatic rings. The van der Waals surface area contributed by atoms with E-state index in [9.17, 15) is 0 Å². The molecule has 1 atom stereocenters. The molecule has 0 bridgehead atoms. The quantitative estimate of drug-likeness (QED) is 0.905. The minimum absolute atomic E-state index is 0.651. The number of rotatable bonds is 5. The molecule has 0 amide bonds. The van der Waals surface area contributed by atoms with Crippen molar-refractivity contribution < 1.29 is 0 Å². The Morgan fingerprint density at radius 3 is 2.76 bits per heavy atom. The molecule has 1 N–H and O–H groups in total. The van der Waals surface area contributed by atoms with Gasteiger partial charge in [-0.25, -0.2) is 0 Å². The Labute approximate surface area is 128 Å². The van der Waals surface area contributed by atoms with E-state index in [0.29, 0.717) is 12.1 Å². The smallest absolute Gasteiger partial charge is 0.0764 e. The van der Waals surface area contributed by atoms with E-state index in [-0.39, 0.29) is 0 Å². The Morgan fingerprint density at radius 2 is 2.00 bits per heavy atom. The summed E-state index contributed by atoms with van der Waals surface area (Å²) in [5.74, 6) is 0. The van der Waals surface area contributed by atoms with Gasteiger partial charge in [-0.05, 0) is 45.3 Å². The van der Waals surface area contributed by atoms with E-state index >= 15 is 0 Å². The zero-order valence-electron chi connectivity index (χ0n) is 13.4. The average Bonchev–Trinajstić information content (AvgIpc) is 2.97. The van der Waals surface area contributed by atoms with Crippen LogP contribution in [0.25, 0.3) is 0 Å². The average molecular weight is 290 g/mol. The largest absolute Gasteiger partial charge is 0.313 e. The van der Waals surface area contributed by atoms with Crippen molar-refractivity contribution in [3.05, 3.63) is 18.0 Å². The van der Waals surface area contributed by atoms with Crippen molar-refractivity contribution in [2.45, 2.75) is 70.0 Å². The Morgan fingerprint density at radius 1 is 1.19 bits per heavy atom. The first-order chi connectivity index (χ1) is 10.3. The summed E-state index contributed by atoms with van der Waals surface area (Å²) in [5.41, 5.74) is 1.22. The minimum atomic E-state index is 0.651. The Balaban J connectivity index is 1.49. The second-order valence-electron chi connectivity index (χ2n) is 6.92. The fourth-order valence-electron chi connectivity index (χ4n) is 3.81. The van der Waals surface area contributed by atoms with Crippen LogP contribution < -0.4 is 5.32 Å². The fraction of sp³-hybridized carbons (Fsp3) is 0.824. The van der Waals surface area contributed by atoms with Gasteiger partial charge in [-0.3, -0.25) is 9.58 Å². The maximum absolute atomic E-state index is 4.82. The number of aromatic nitrogens is 2. The molecule has 4 nitrogen and oxygen atoms in total. The van der Waals surface area contributed by atoms with Crippen molar-refractivity contribution in [3.8, 4) is 0 Å². The van der Waals surface area contributed by atoms with Crippen LogP contribution in [-0.2, 0) is 6.54 Å². The first-order valence-corrected chi connectivity index (χ1v) is 8.77. The second-order valence-corrected chi connectivity index (χ2v) is 6.92. The lowest BCUT2D eigenvalue weighted by atomic mass is 9.96. The topological polar surface area (TPSA) is 33.1 Å². The van der Waals surface area contributed by atoms with E-state index in [1.807, 2.05) is 0 Å². The van der Waals surface area contributed by atoms with Crippen LogP contribution in [0.2, 0.25) is 0 Å². The van der Waals surface area contributed by atoms with Crippen molar-refractivity contribution in [2.75, 3.05) is 20.1 Å². The van der Waals surface area contributed by atoms with Crippen LogP contribution >= 0.6 is 0 Å². The van der Waals surface area contributed by atoms with Crippen molar-refractivity contribution >= 4 is 0 Å². The van der Waals surface area contributed by atoms with Crippen LogP contribution in [0.1, 0.15) is 63.1 Å². The van der Waals surface area contributed by atoms with E-state index in [4.69, 9.17) is 5.10 Å². The van der Waals surface area contributed by atoms with Crippen LogP contribution in [0.3, 0.4) is 0 Å². The van der Waals surface area contributed by atoms with Crippen molar-refractivity contribution in [2.24, 2.45) is 0 Å². The number of likely N-dealkylation sites (N-methyl/N-ethyl adjacent to an activating group) is 1. The summed E-state index contributed by atoms with van der Waals surface area (Å²) in [5, 5.41) is 8.45. The molecule has 1 aromatic rings. The lowest BCUT2D eigenvalue weighted by Crippen LogP contribution is -2.42. The monoisotopic (exact) mass is 290 g/mol. The highest BCUT2D eigenvalue weighted by Crippen LogP contribution is 2.27. The Kier molecular flexibility index (Phi) is 5.31. The van der Waals surface area contributed by atoms with Gasteiger partial charge in [0.15, 0.2) is 0 Å². The van der Waals surface area contributed by atoms with Crippen LogP contribution in [0.15, 0.2) is 12.3 Å². The second kappa shape index (κ2) is 7.41. The third-order valence-corrected chi connectivity index (χ3v) is 4.99. The predicted molar refractivity (Wildman–Crippen MR) is 86.3 cm³/mol. The highest BCUT2D eigenvalue weighted by atomic mass is 15.3. The summed E-state index contributed by atoms with van der Waals surface area (Å²) >= 11 is 0. The molecule has 2 heterocycles. The molecule has 118 valence electrons. The normalized spacial score (nSPS) is 24.6. The standard InChI is InChI=1S/C17H30N4/c1-20(13-15-7-5-6-11-18-15)14-16-10-12-21(19-16)17-8-3-2-4-9-17/h10,12,15,17-18H,2-9,11,13-14H2,1H3. The molecule has 1 saturated heterocycles. The zero-order valence-corrected chi connectivity index (χ0v) is 13.4. The lowest BCUT2D eigenvalue weighted by molar-refractivity contribution is 0.252. The maximum Gasteiger partial charge on any atom is 0.0764 e. The minimum Gasteiger partial charge on any atom is -0.313 e. The third kappa shape index (κ3) is 4.30. The summed E-state index contributed by atoms with van der Waals surface area (Å²) in [6.45, 7) is 3.29. The van der Waals surface area contributed by atoms with E-state index in [2.05, 4.69) is 34.2 Å². The molecule has 1 aliphatic heterocycles. The number of hydrogen-bond donors (Lipinski definition) is 1. The first kappa shape index (κ1) is 15.0. The maximum atomic E-state index is 4.82. The van der Waals surface area contributed by atoms with E-state index < -0.39 is 0 Å². The Hall–Kier alpha value is -0.870. The van der Waals surface area contributed by atoms with Gasteiger partial charge in [-0.1, -0.05) is 25.7 Å². The zero-order chi connectivity index (χ0) is 14.5. The molecular weight excluding hydrogens is 260 g/mol. The first-order valence-electron chi connectivity index (χ1n) is 8.77. The summed E-state index contributed by atoms with van der Waals surface area (Å²) in [7, 11) is 2.22. The van der Waals surface area contributed by atoms with Crippen LogP contribution in [0.4, 0.5) is 0 Å². The molecule has 3 rings (SSSR count). The molecule has 1 unspecified atom stereocenters. The highest BCUT2D eigenvalue weighted by Gasteiger charge is 2.17. The molecule has 0 radical (unpaired) electrons. The van der Waals surface area contributed by atoms with Crippen LogP contribution in [0, 0.1) is 0 Å². The van der Waals surface area contributed by atoms with E-state index in [0.717, 1.165) is 13.1 Å². The number of nitrogens with zero attached hydrogens (tertiary/aromatic N) is 3. The van der Waals surface area contributed by atoms with Gasteiger partial charge in [-0.2, -0.15) is 5.10 Å². The summed E-state index contributed by atoms with van der Waals surface area (Å²) in [6.07, 6.45) is 13.0. The summed E-state index contributed by atoms with van der Waals surface area (Å²) in [4.78, 5) is 2.41. The molecule has 1 aromatic heterocycles. The van der Waals surface area contributed by atoms with Gasteiger partial charge in [0.2, 0.25) is 0 Å². The van der Waals surface area contributed by atoms with Gasteiger partial charge in [0, 0.05) is 25.3 Å². The van der Waals surface area contributed by atoms with E-state index in [1.165, 1.54) is 63.6 Å². The molecule has 0 aromatic carbocycles. The Bertz CT molecular complexity index is 416. The fourth-order valence-corrected chi connectivity index (χ4v) is 3.81. The molecular formula is C17H30N4. The third-order valence-electron chi connectivity index (χ3n) is 4.99. The van der Waals surface area contributed by atoms with Gasteiger partial charge in [0.05, 0.1) is 11.7 Å². The van der Waals surface area contributed by atoms with Gasteiger partial charge in [0.25, 0.3) is 0 Å². The lowest BCUT2D eigenvalue weighted by Gasteiger charge is -2.27. The van der Waals surface area contributed by atoms with E-state index in [1.54, 1.807) is 0 Å².